The Morgan fingerprint density at radius 3 is 2.39 bits per heavy atom. The summed E-state index contributed by atoms with van der Waals surface area (Å²) >= 11 is 1.43. The van der Waals surface area contributed by atoms with Crippen molar-refractivity contribution in [3.8, 4) is 11.1 Å². The van der Waals surface area contributed by atoms with E-state index in [-0.39, 0.29) is 36.6 Å². The van der Waals surface area contributed by atoms with E-state index in [2.05, 4.69) is 29.6 Å². The number of likely N-dealkylation sites (tertiary alicyclic amines) is 1. The van der Waals surface area contributed by atoms with Gasteiger partial charge < -0.3 is 20.1 Å². The molecule has 1 saturated heterocycles. The highest BCUT2D eigenvalue weighted by Crippen LogP contribution is 2.44. The standard InChI is InChI=1S/C25H28N2O5S/c28-23(27-12-5-6-17(27)14-24(29)30)16-33-13-11-26-25(31)32-15-22-20-9-3-1-7-18(20)19-8-2-4-10-21(19)22/h1-4,7-10,17,22H,5-6,11-16H2,(H,26,31)(H,29,30)/t17-/m0/s1. The fraction of sp³-hybridized carbons (Fsp3) is 0.400. The number of rotatable bonds is 9. The average Bonchev–Trinajstić information content (AvgIpc) is 3.39. The molecule has 0 saturated carbocycles. The van der Waals surface area contributed by atoms with Gasteiger partial charge in [0.05, 0.1) is 12.2 Å². The van der Waals surface area contributed by atoms with Gasteiger partial charge in [-0.05, 0) is 35.1 Å². The number of carbonyl (C=O) groups excluding carboxylic acids is 2. The monoisotopic (exact) mass is 468 g/mol. The van der Waals surface area contributed by atoms with Gasteiger partial charge in [0.25, 0.3) is 0 Å². The zero-order chi connectivity index (χ0) is 23.2. The maximum Gasteiger partial charge on any atom is 0.407 e. The summed E-state index contributed by atoms with van der Waals surface area (Å²) in [5, 5.41) is 11.7. The summed E-state index contributed by atoms with van der Waals surface area (Å²) in [6, 6.07) is 16.2. The van der Waals surface area contributed by atoms with E-state index in [9.17, 15) is 14.4 Å². The number of amides is 2. The first-order valence-electron chi connectivity index (χ1n) is 11.2. The van der Waals surface area contributed by atoms with Gasteiger partial charge in [0.15, 0.2) is 0 Å². The average molecular weight is 469 g/mol. The highest BCUT2D eigenvalue weighted by Gasteiger charge is 2.30. The second-order valence-corrected chi connectivity index (χ2v) is 9.39. The van der Waals surface area contributed by atoms with Crippen molar-refractivity contribution in [1.82, 2.24) is 10.2 Å². The Kier molecular flexibility index (Phi) is 7.54. The lowest BCUT2D eigenvalue weighted by molar-refractivity contribution is -0.139. The molecule has 0 radical (unpaired) electrons. The summed E-state index contributed by atoms with van der Waals surface area (Å²) in [4.78, 5) is 37.2. The number of nitrogens with one attached hydrogen (secondary N) is 1. The number of hydrogen-bond acceptors (Lipinski definition) is 5. The molecule has 1 aliphatic heterocycles. The van der Waals surface area contributed by atoms with Gasteiger partial charge >= 0.3 is 12.1 Å². The Bertz CT molecular complexity index is 982. The Morgan fingerprint density at radius 2 is 1.73 bits per heavy atom. The van der Waals surface area contributed by atoms with Crippen LogP contribution in [-0.2, 0) is 14.3 Å². The predicted octanol–water partition coefficient (Wildman–Crippen LogP) is 3.72. The number of benzene rings is 2. The second kappa shape index (κ2) is 10.7. The van der Waals surface area contributed by atoms with Gasteiger partial charge in [-0.25, -0.2) is 4.79 Å². The van der Waals surface area contributed by atoms with E-state index in [1.54, 1.807) is 4.90 Å². The van der Waals surface area contributed by atoms with Crippen molar-refractivity contribution >= 4 is 29.7 Å². The molecule has 0 bridgehead atoms. The number of thioether (sulfide) groups is 1. The molecule has 1 heterocycles. The van der Waals surface area contributed by atoms with Gasteiger partial charge in [-0.15, -0.1) is 0 Å². The number of alkyl carbamates (subject to hydrolysis) is 1. The fourth-order valence-electron chi connectivity index (χ4n) is 4.69. The smallest absolute Gasteiger partial charge is 0.407 e. The van der Waals surface area contributed by atoms with Crippen LogP contribution < -0.4 is 5.32 Å². The molecule has 0 spiro atoms. The summed E-state index contributed by atoms with van der Waals surface area (Å²) < 4.78 is 5.51. The molecule has 2 aromatic carbocycles. The van der Waals surface area contributed by atoms with Crippen molar-refractivity contribution in [1.29, 1.82) is 0 Å². The molecule has 2 aliphatic rings. The van der Waals surface area contributed by atoms with Crippen molar-refractivity contribution in [2.24, 2.45) is 0 Å². The third-order valence-corrected chi connectivity index (χ3v) is 7.14. The third kappa shape index (κ3) is 5.50. The second-order valence-electron chi connectivity index (χ2n) is 8.29. The van der Waals surface area contributed by atoms with Gasteiger partial charge in [-0.1, -0.05) is 48.5 Å². The number of carboxylic acids is 1. The fourth-order valence-corrected chi connectivity index (χ4v) is 5.43. The van der Waals surface area contributed by atoms with Crippen molar-refractivity contribution in [3.05, 3.63) is 59.7 Å². The lowest BCUT2D eigenvalue weighted by Crippen LogP contribution is -2.38. The van der Waals surface area contributed by atoms with Gasteiger partial charge in [0, 0.05) is 30.8 Å². The Morgan fingerprint density at radius 1 is 1.06 bits per heavy atom. The van der Waals surface area contributed by atoms with E-state index in [0.29, 0.717) is 18.8 Å². The Labute approximate surface area is 197 Å². The van der Waals surface area contributed by atoms with E-state index in [1.165, 1.54) is 34.0 Å². The molecule has 1 atom stereocenters. The van der Waals surface area contributed by atoms with Gasteiger partial charge in [0.2, 0.25) is 5.91 Å². The highest BCUT2D eigenvalue weighted by molar-refractivity contribution is 7.99. The number of fused-ring (bicyclic) bond motifs is 3. The van der Waals surface area contributed by atoms with Crippen LogP contribution in [0.15, 0.2) is 48.5 Å². The van der Waals surface area contributed by atoms with E-state index < -0.39 is 12.1 Å². The molecular weight excluding hydrogens is 440 g/mol. The molecule has 33 heavy (non-hydrogen) atoms. The third-order valence-electron chi connectivity index (χ3n) is 6.19. The normalized spacial score (nSPS) is 16.8. The highest BCUT2D eigenvalue weighted by atomic mass is 32.2. The molecule has 1 aliphatic carbocycles. The molecule has 0 unspecified atom stereocenters. The summed E-state index contributed by atoms with van der Waals surface area (Å²) in [6.45, 7) is 1.29. The number of aliphatic carboxylic acids is 1. The minimum atomic E-state index is -0.875. The van der Waals surface area contributed by atoms with Crippen LogP contribution in [0.5, 0.6) is 0 Å². The topological polar surface area (TPSA) is 95.9 Å². The van der Waals surface area contributed by atoms with Crippen LogP contribution in [0.25, 0.3) is 11.1 Å². The van der Waals surface area contributed by atoms with Crippen LogP contribution in [0, 0.1) is 0 Å². The van der Waals surface area contributed by atoms with Crippen molar-refractivity contribution < 1.29 is 24.2 Å². The Balaban J connectivity index is 1.17. The molecule has 0 aromatic heterocycles. The van der Waals surface area contributed by atoms with Crippen LogP contribution in [0.3, 0.4) is 0 Å². The van der Waals surface area contributed by atoms with Crippen LogP contribution in [0.4, 0.5) is 4.79 Å². The Hall–Kier alpha value is -3.00. The van der Waals surface area contributed by atoms with Crippen LogP contribution in [0.1, 0.15) is 36.3 Å². The lowest BCUT2D eigenvalue weighted by atomic mass is 9.98. The molecule has 1 fully saturated rings. The maximum atomic E-state index is 12.4. The minimum Gasteiger partial charge on any atom is -0.481 e. The van der Waals surface area contributed by atoms with Crippen molar-refractivity contribution in [3.63, 3.8) is 0 Å². The molecule has 4 rings (SSSR count). The van der Waals surface area contributed by atoms with E-state index in [4.69, 9.17) is 9.84 Å². The van der Waals surface area contributed by atoms with Crippen LogP contribution in [0.2, 0.25) is 0 Å². The molecule has 2 N–H and O–H groups in total. The first-order chi connectivity index (χ1) is 16.0. The molecule has 8 heteroatoms. The summed E-state index contributed by atoms with van der Waals surface area (Å²) in [7, 11) is 0. The first kappa shape index (κ1) is 23.2. The molecular formula is C25H28N2O5S. The minimum absolute atomic E-state index is 0.000252. The SMILES string of the molecule is O=C(O)C[C@@H]1CCCN1C(=O)CSCCNC(=O)OCC1c2ccccc2-c2ccccc21. The zero-order valence-electron chi connectivity index (χ0n) is 18.4. The summed E-state index contributed by atoms with van der Waals surface area (Å²) in [5.41, 5.74) is 4.71. The first-order valence-corrected chi connectivity index (χ1v) is 12.4. The van der Waals surface area contributed by atoms with E-state index in [1.807, 2.05) is 24.3 Å². The van der Waals surface area contributed by atoms with Crippen molar-refractivity contribution in [2.45, 2.75) is 31.2 Å². The van der Waals surface area contributed by atoms with E-state index >= 15 is 0 Å². The summed E-state index contributed by atoms with van der Waals surface area (Å²) in [5.74, 6) is -0.0329. The number of carboxylic acid groups (broad SMARTS) is 1. The summed E-state index contributed by atoms with van der Waals surface area (Å²) in [6.07, 6.45) is 1.12. The molecule has 2 aromatic rings. The largest absolute Gasteiger partial charge is 0.481 e. The quantitative estimate of drug-likeness (QED) is 0.545. The van der Waals surface area contributed by atoms with E-state index in [0.717, 1.165) is 12.8 Å². The predicted molar refractivity (Wildman–Crippen MR) is 127 cm³/mol. The number of ether oxygens (including phenoxy) is 1. The number of nitrogens with zero attached hydrogens (tertiary/aromatic N) is 1. The van der Waals surface area contributed by atoms with Crippen LogP contribution >= 0.6 is 11.8 Å². The van der Waals surface area contributed by atoms with Crippen molar-refractivity contribution in [2.75, 3.05) is 31.2 Å². The molecule has 174 valence electrons. The lowest BCUT2D eigenvalue weighted by Gasteiger charge is -2.23. The maximum absolute atomic E-state index is 12.4. The zero-order valence-corrected chi connectivity index (χ0v) is 19.2. The van der Waals surface area contributed by atoms with Gasteiger partial charge in [-0.3, -0.25) is 9.59 Å². The number of hydrogen-bond donors (Lipinski definition) is 2. The molecule has 7 nitrogen and oxygen atoms in total. The molecule has 2 amide bonds. The number of carbonyl (C=O) groups is 3. The van der Waals surface area contributed by atoms with Gasteiger partial charge in [0.1, 0.15) is 6.61 Å². The van der Waals surface area contributed by atoms with Gasteiger partial charge in [-0.2, -0.15) is 11.8 Å². The van der Waals surface area contributed by atoms with Crippen LogP contribution in [-0.4, -0.2) is 65.2 Å².